The van der Waals surface area contributed by atoms with Crippen molar-refractivity contribution in [3.63, 3.8) is 0 Å². The largest absolute Gasteiger partial charge is 0.493 e. The van der Waals surface area contributed by atoms with Crippen molar-refractivity contribution < 1.29 is 14.3 Å². The summed E-state index contributed by atoms with van der Waals surface area (Å²) in [6.07, 6.45) is 8.72. The number of hydrogen-bond acceptors (Lipinski definition) is 4. The quantitative estimate of drug-likeness (QED) is 0.295. The number of aromatic nitrogens is 1. The van der Waals surface area contributed by atoms with Crippen molar-refractivity contribution in [2.75, 3.05) is 27.2 Å². The average Bonchev–Trinajstić information content (AvgIpc) is 3.31. The van der Waals surface area contributed by atoms with Gasteiger partial charge in [-0.05, 0) is 36.5 Å². The van der Waals surface area contributed by atoms with Crippen molar-refractivity contribution in [1.29, 1.82) is 0 Å². The Labute approximate surface area is 202 Å². The highest BCUT2D eigenvalue weighted by Gasteiger charge is 2.42. The van der Waals surface area contributed by atoms with E-state index in [1.807, 2.05) is 54.7 Å². The van der Waals surface area contributed by atoms with Crippen LogP contribution in [0.3, 0.4) is 0 Å². The van der Waals surface area contributed by atoms with Crippen LogP contribution in [0.15, 0.2) is 66.9 Å². The minimum absolute atomic E-state index is 0.250. The van der Waals surface area contributed by atoms with Gasteiger partial charge < -0.3 is 14.3 Å². The highest BCUT2D eigenvalue weighted by Crippen LogP contribution is 2.45. The number of hydrogen-bond donors (Lipinski definition) is 1. The van der Waals surface area contributed by atoms with Crippen molar-refractivity contribution in [2.45, 2.75) is 50.7 Å². The molecule has 1 unspecified atom stereocenters. The first-order valence-corrected chi connectivity index (χ1v) is 13.0. The lowest BCUT2D eigenvalue weighted by Gasteiger charge is -2.38. The summed E-state index contributed by atoms with van der Waals surface area (Å²) in [6, 6.07) is 20.2. The molecular weight excluding hydrogens is 428 g/mol. The maximum absolute atomic E-state index is 12.1. The second-order valence-corrected chi connectivity index (χ2v) is 11.0. The van der Waals surface area contributed by atoms with Gasteiger partial charge in [0, 0.05) is 12.6 Å². The van der Waals surface area contributed by atoms with Crippen LogP contribution < -0.4 is 4.74 Å². The number of quaternary nitrogens is 1. The third-order valence-corrected chi connectivity index (χ3v) is 7.93. The molecule has 0 aliphatic heterocycles. The van der Waals surface area contributed by atoms with Gasteiger partial charge in [-0.1, -0.05) is 67.8 Å². The lowest BCUT2D eigenvalue weighted by Crippen LogP contribution is -2.40. The smallest absolute Gasteiger partial charge is 0.147 e. The Morgan fingerprint density at radius 3 is 2.36 bits per heavy atom. The van der Waals surface area contributed by atoms with E-state index in [0.717, 1.165) is 58.0 Å². The van der Waals surface area contributed by atoms with E-state index in [1.54, 1.807) is 11.3 Å². The van der Waals surface area contributed by atoms with Crippen LogP contribution >= 0.6 is 11.3 Å². The fourth-order valence-electron chi connectivity index (χ4n) is 5.00. The zero-order chi connectivity index (χ0) is 23.2. The van der Waals surface area contributed by atoms with Gasteiger partial charge in [-0.3, -0.25) is 0 Å². The van der Waals surface area contributed by atoms with E-state index in [1.165, 1.54) is 19.3 Å². The van der Waals surface area contributed by atoms with Crippen LogP contribution in [0.2, 0.25) is 0 Å². The van der Waals surface area contributed by atoms with E-state index in [9.17, 15) is 5.11 Å². The Morgan fingerprint density at radius 2 is 1.67 bits per heavy atom. The van der Waals surface area contributed by atoms with Crippen molar-refractivity contribution in [2.24, 2.45) is 5.92 Å². The average molecular weight is 466 g/mol. The van der Waals surface area contributed by atoms with Gasteiger partial charge >= 0.3 is 0 Å². The van der Waals surface area contributed by atoms with Gasteiger partial charge in [-0.2, -0.15) is 0 Å². The second kappa shape index (κ2) is 10.8. The van der Waals surface area contributed by atoms with Gasteiger partial charge in [-0.25, -0.2) is 4.98 Å². The van der Waals surface area contributed by atoms with Gasteiger partial charge in [0.15, 0.2) is 0 Å². The van der Waals surface area contributed by atoms with Gasteiger partial charge in [0.25, 0.3) is 0 Å². The van der Waals surface area contributed by atoms with E-state index >= 15 is 0 Å². The summed E-state index contributed by atoms with van der Waals surface area (Å²) in [5.41, 5.74) is 0.0528. The summed E-state index contributed by atoms with van der Waals surface area (Å²) in [4.78, 5) is 5.76. The van der Waals surface area contributed by atoms with Crippen LogP contribution in [-0.4, -0.2) is 41.8 Å². The predicted octanol–water partition coefficient (Wildman–Crippen LogP) is 6.00. The molecular formula is C28H37N2O2S+. The Hall–Kier alpha value is -2.21. The van der Waals surface area contributed by atoms with Crippen molar-refractivity contribution in [1.82, 2.24) is 4.98 Å². The molecule has 1 aliphatic carbocycles. The third kappa shape index (κ3) is 6.03. The number of para-hydroxylation sites is 1. The molecule has 3 aromatic rings. The normalized spacial score (nSPS) is 16.9. The summed E-state index contributed by atoms with van der Waals surface area (Å²) in [5.74, 6) is 1.18. The lowest BCUT2D eigenvalue weighted by molar-refractivity contribution is -0.903. The Kier molecular flexibility index (Phi) is 7.84. The van der Waals surface area contributed by atoms with Crippen LogP contribution in [-0.2, 0) is 12.1 Å². The van der Waals surface area contributed by atoms with E-state index in [4.69, 9.17) is 9.72 Å². The monoisotopic (exact) mass is 465 g/mol. The number of thiazole rings is 1. The van der Waals surface area contributed by atoms with Crippen molar-refractivity contribution in [3.8, 4) is 5.75 Å². The fourth-order valence-corrected chi connectivity index (χ4v) is 6.31. The van der Waals surface area contributed by atoms with Gasteiger partial charge in [-0.15, -0.1) is 11.3 Å². The summed E-state index contributed by atoms with van der Waals surface area (Å²) in [6.45, 7) is 2.57. The van der Waals surface area contributed by atoms with Crippen LogP contribution in [0, 0.1) is 5.92 Å². The fraction of sp³-hybridized carbons (Fsp3) is 0.464. The first kappa shape index (κ1) is 23.9. The molecule has 1 N–H and O–H groups in total. The molecule has 0 saturated heterocycles. The van der Waals surface area contributed by atoms with E-state index in [0.29, 0.717) is 6.61 Å². The first-order valence-electron chi connectivity index (χ1n) is 12.2. The number of ether oxygens (including phenoxy) is 1. The molecule has 4 nitrogen and oxygen atoms in total. The summed E-state index contributed by atoms with van der Waals surface area (Å²) >= 11 is 1.68. The number of aliphatic hydroxyl groups is 1. The van der Waals surface area contributed by atoms with Gasteiger partial charge in [0.1, 0.15) is 22.9 Å². The Bertz CT molecular complexity index is 983. The zero-order valence-electron chi connectivity index (χ0n) is 20.0. The molecule has 1 heterocycles. The number of nitrogens with zero attached hydrogens (tertiary/aromatic N) is 2. The van der Waals surface area contributed by atoms with E-state index < -0.39 is 5.60 Å². The van der Waals surface area contributed by atoms with Crippen LogP contribution in [0.1, 0.15) is 54.0 Å². The number of rotatable bonds is 10. The van der Waals surface area contributed by atoms with Crippen LogP contribution in [0.5, 0.6) is 5.75 Å². The molecule has 0 amide bonds. The van der Waals surface area contributed by atoms with Crippen LogP contribution in [0.4, 0.5) is 0 Å². The van der Waals surface area contributed by atoms with Crippen molar-refractivity contribution in [3.05, 3.63) is 82.3 Å². The predicted molar refractivity (Wildman–Crippen MR) is 135 cm³/mol. The van der Waals surface area contributed by atoms with Gasteiger partial charge in [0.2, 0.25) is 0 Å². The molecule has 0 bridgehead atoms. The molecule has 4 rings (SSSR count). The molecule has 0 radical (unpaired) electrons. The maximum Gasteiger partial charge on any atom is 0.147 e. The molecule has 0 spiro atoms. The molecule has 2 aromatic carbocycles. The SMILES string of the molecule is C[N+](C)(CCCOc1ccccc1)Cc1ncc(C(O)(c2ccccc2)C2CCCCC2)s1. The molecule has 5 heteroatoms. The standard InChI is InChI=1S/C28H37N2O2S/c1-30(2,19-12-20-32-25-17-10-5-11-18-25)22-27-29-21-26(33-27)28(31,23-13-6-3-7-14-23)24-15-8-4-9-16-24/h3,5-7,10-11,13-14,17-18,21,24,31H,4,8-9,12,15-16,19-20,22H2,1-2H3/q+1. The van der Waals surface area contributed by atoms with Crippen LogP contribution in [0.25, 0.3) is 0 Å². The molecule has 1 fully saturated rings. The minimum atomic E-state index is -0.946. The Morgan fingerprint density at radius 1 is 1.00 bits per heavy atom. The highest BCUT2D eigenvalue weighted by atomic mass is 32.1. The van der Waals surface area contributed by atoms with Crippen molar-refractivity contribution >= 4 is 11.3 Å². The molecule has 33 heavy (non-hydrogen) atoms. The maximum atomic E-state index is 12.1. The number of benzene rings is 2. The minimum Gasteiger partial charge on any atom is -0.493 e. The third-order valence-electron chi connectivity index (χ3n) is 6.82. The van der Waals surface area contributed by atoms with Gasteiger partial charge in [0.05, 0.1) is 32.1 Å². The first-order chi connectivity index (χ1) is 16.0. The van der Waals surface area contributed by atoms with E-state index in [2.05, 4.69) is 26.2 Å². The lowest BCUT2D eigenvalue weighted by atomic mass is 9.73. The Balaban J connectivity index is 1.42. The summed E-state index contributed by atoms with van der Waals surface area (Å²) in [5, 5.41) is 13.2. The highest BCUT2D eigenvalue weighted by molar-refractivity contribution is 7.11. The molecule has 176 valence electrons. The molecule has 1 aliphatic rings. The summed E-state index contributed by atoms with van der Waals surface area (Å²) in [7, 11) is 4.49. The topological polar surface area (TPSA) is 42.4 Å². The van der Waals surface area contributed by atoms with E-state index in [-0.39, 0.29) is 5.92 Å². The summed E-state index contributed by atoms with van der Waals surface area (Å²) < 4.78 is 6.71. The molecule has 1 saturated carbocycles. The second-order valence-electron chi connectivity index (χ2n) is 9.92. The molecule has 1 atom stereocenters. The molecule has 1 aromatic heterocycles. The zero-order valence-corrected chi connectivity index (χ0v) is 20.8.